The standard InChI is InChI=1S/C22H20N2O3/c1-2-3-13-23-18-12-8-7-11-16(18)20-17(15-9-5-4-6-10-15)14-19(21(25)26)24(20)22(23)27/h4-12,14H,2-3,13H2,1H3,(H,25,26). The number of rotatable bonds is 5. The number of fused-ring (bicyclic) bond motifs is 3. The van der Waals surface area contributed by atoms with Gasteiger partial charge in [0, 0.05) is 17.5 Å². The van der Waals surface area contributed by atoms with Gasteiger partial charge in [-0.05, 0) is 24.1 Å². The molecule has 5 nitrogen and oxygen atoms in total. The van der Waals surface area contributed by atoms with Crippen LogP contribution in [0.3, 0.4) is 0 Å². The zero-order valence-corrected chi connectivity index (χ0v) is 15.1. The van der Waals surface area contributed by atoms with E-state index in [2.05, 4.69) is 6.92 Å². The van der Waals surface area contributed by atoms with Crippen LogP contribution < -0.4 is 5.69 Å². The fourth-order valence-corrected chi connectivity index (χ4v) is 3.64. The van der Waals surface area contributed by atoms with Crippen LogP contribution in [-0.2, 0) is 6.54 Å². The minimum absolute atomic E-state index is 0.00939. The summed E-state index contributed by atoms with van der Waals surface area (Å²) in [6, 6.07) is 18.9. The molecular formula is C22H20N2O3. The fraction of sp³-hybridized carbons (Fsp3) is 0.182. The summed E-state index contributed by atoms with van der Waals surface area (Å²) in [7, 11) is 0. The molecule has 0 aliphatic heterocycles. The van der Waals surface area contributed by atoms with Crippen molar-refractivity contribution in [3.05, 3.63) is 76.8 Å². The van der Waals surface area contributed by atoms with Crippen LogP contribution in [0, 0.1) is 0 Å². The van der Waals surface area contributed by atoms with E-state index in [0.717, 1.165) is 34.9 Å². The third kappa shape index (κ3) is 2.72. The van der Waals surface area contributed by atoms with Gasteiger partial charge in [0.15, 0.2) is 0 Å². The zero-order valence-electron chi connectivity index (χ0n) is 15.1. The molecule has 0 aliphatic carbocycles. The minimum Gasteiger partial charge on any atom is -0.477 e. The second-order valence-electron chi connectivity index (χ2n) is 6.60. The van der Waals surface area contributed by atoms with E-state index in [1.54, 1.807) is 10.6 Å². The first-order valence-electron chi connectivity index (χ1n) is 9.09. The molecule has 0 atom stereocenters. The summed E-state index contributed by atoms with van der Waals surface area (Å²) < 4.78 is 3.04. The Labute approximate surface area is 156 Å². The van der Waals surface area contributed by atoms with Crippen LogP contribution in [0.15, 0.2) is 65.5 Å². The summed E-state index contributed by atoms with van der Waals surface area (Å²) >= 11 is 0. The first kappa shape index (κ1) is 17.1. The predicted molar refractivity (Wildman–Crippen MR) is 106 cm³/mol. The van der Waals surface area contributed by atoms with Crippen molar-refractivity contribution in [2.45, 2.75) is 26.3 Å². The molecule has 0 saturated carbocycles. The minimum atomic E-state index is -1.11. The van der Waals surface area contributed by atoms with E-state index in [0.29, 0.717) is 12.1 Å². The summed E-state index contributed by atoms with van der Waals surface area (Å²) in [6.07, 6.45) is 1.80. The van der Waals surface area contributed by atoms with Gasteiger partial charge in [-0.2, -0.15) is 0 Å². The maximum absolute atomic E-state index is 13.3. The number of hydrogen-bond donors (Lipinski definition) is 1. The van der Waals surface area contributed by atoms with Gasteiger partial charge in [0.25, 0.3) is 0 Å². The fourth-order valence-electron chi connectivity index (χ4n) is 3.64. The number of aromatic carboxylic acids is 1. The van der Waals surface area contributed by atoms with E-state index in [-0.39, 0.29) is 11.4 Å². The zero-order chi connectivity index (χ0) is 19.0. The Kier molecular flexibility index (Phi) is 4.28. The number of carbonyl (C=O) groups is 1. The van der Waals surface area contributed by atoms with Crippen LogP contribution in [0.1, 0.15) is 30.3 Å². The lowest BCUT2D eigenvalue weighted by Gasteiger charge is -2.13. The number of hydrogen-bond acceptors (Lipinski definition) is 2. The number of carboxylic acids is 1. The Morgan fingerprint density at radius 1 is 1.04 bits per heavy atom. The van der Waals surface area contributed by atoms with Gasteiger partial charge in [0.05, 0.1) is 11.0 Å². The number of benzene rings is 2. The number of para-hydroxylation sites is 1. The largest absolute Gasteiger partial charge is 0.477 e. The second-order valence-corrected chi connectivity index (χ2v) is 6.60. The van der Waals surface area contributed by atoms with E-state index in [1.807, 2.05) is 54.6 Å². The molecule has 0 radical (unpaired) electrons. The molecule has 0 saturated heterocycles. The molecule has 0 aliphatic rings. The first-order valence-corrected chi connectivity index (χ1v) is 9.09. The lowest BCUT2D eigenvalue weighted by molar-refractivity contribution is 0.0689. The summed E-state index contributed by atoms with van der Waals surface area (Å²) in [6.45, 7) is 2.63. The Morgan fingerprint density at radius 3 is 2.44 bits per heavy atom. The number of unbranched alkanes of at least 4 members (excludes halogenated alkanes) is 1. The molecule has 0 fully saturated rings. The van der Waals surface area contributed by atoms with Crippen molar-refractivity contribution < 1.29 is 9.90 Å². The van der Waals surface area contributed by atoms with Crippen LogP contribution in [-0.4, -0.2) is 20.0 Å². The van der Waals surface area contributed by atoms with Crippen molar-refractivity contribution in [1.82, 2.24) is 8.97 Å². The van der Waals surface area contributed by atoms with Crippen molar-refractivity contribution in [1.29, 1.82) is 0 Å². The van der Waals surface area contributed by atoms with Crippen LogP contribution in [0.4, 0.5) is 0 Å². The molecule has 2 aromatic carbocycles. The molecule has 0 spiro atoms. The average molecular weight is 360 g/mol. The number of carboxylic acid groups (broad SMARTS) is 1. The van der Waals surface area contributed by atoms with Gasteiger partial charge >= 0.3 is 11.7 Å². The summed E-state index contributed by atoms with van der Waals surface area (Å²) in [5, 5.41) is 10.6. The Hall–Kier alpha value is -3.34. The van der Waals surface area contributed by atoms with Crippen LogP contribution in [0.25, 0.3) is 27.5 Å². The molecule has 0 amide bonds. The number of nitrogens with zero attached hydrogens (tertiary/aromatic N) is 2. The quantitative estimate of drug-likeness (QED) is 0.573. The molecule has 27 heavy (non-hydrogen) atoms. The van der Waals surface area contributed by atoms with E-state index >= 15 is 0 Å². The molecule has 2 heterocycles. The molecule has 4 rings (SSSR count). The van der Waals surface area contributed by atoms with Crippen molar-refractivity contribution in [2.24, 2.45) is 0 Å². The van der Waals surface area contributed by atoms with Crippen LogP contribution >= 0.6 is 0 Å². The Bertz CT molecular complexity index is 1200. The third-order valence-electron chi connectivity index (χ3n) is 4.91. The topological polar surface area (TPSA) is 63.7 Å². The first-order chi connectivity index (χ1) is 13.1. The second kappa shape index (κ2) is 6.76. The van der Waals surface area contributed by atoms with E-state index in [9.17, 15) is 14.7 Å². The van der Waals surface area contributed by atoms with Gasteiger partial charge < -0.3 is 5.11 Å². The van der Waals surface area contributed by atoms with Gasteiger partial charge in [0.1, 0.15) is 5.69 Å². The van der Waals surface area contributed by atoms with Crippen molar-refractivity contribution in [3.8, 4) is 11.1 Å². The van der Waals surface area contributed by atoms with E-state index < -0.39 is 5.97 Å². The van der Waals surface area contributed by atoms with Crippen molar-refractivity contribution in [3.63, 3.8) is 0 Å². The average Bonchev–Trinajstić information content (AvgIpc) is 3.10. The number of aryl methyl sites for hydroxylation is 1. The molecule has 0 bridgehead atoms. The van der Waals surface area contributed by atoms with E-state index in [1.165, 1.54) is 4.40 Å². The monoisotopic (exact) mass is 360 g/mol. The maximum atomic E-state index is 13.3. The van der Waals surface area contributed by atoms with Gasteiger partial charge in [-0.25, -0.2) is 9.59 Å². The molecule has 2 aromatic heterocycles. The highest BCUT2D eigenvalue weighted by atomic mass is 16.4. The van der Waals surface area contributed by atoms with Crippen molar-refractivity contribution in [2.75, 3.05) is 0 Å². The van der Waals surface area contributed by atoms with Crippen molar-refractivity contribution >= 4 is 22.4 Å². The SMILES string of the molecule is CCCCn1c(=O)n2c(C(=O)O)cc(-c3ccccc3)c2c2ccccc21. The van der Waals surface area contributed by atoms with E-state index in [4.69, 9.17) is 0 Å². The highest BCUT2D eigenvalue weighted by Gasteiger charge is 2.21. The molecule has 5 heteroatoms. The number of aromatic nitrogens is 2. The van der Waals surface area contributed by atoms with Gasteiger partial charge in [0.2, 0.25) is 0 Å². The maximum Gasteiger partial charge on any atom is 0.353 e. The van der Waals surface area contributed by atoms with Gasteiger partial charge in [-0.1, -0.05) is 61.9 Å². The molecular weight excluding hydrogens is 340 g/mol. The molecule has 4 aromatic rings. The lowest BCUT2D eigenvalue weighted by atomic mass is 10.0. The molecule has 0 unspecified atom stereocenters. The van der Waals surface area contributed by atoms with Crippen LogP contribution in [0.2, 0.25) is 0 Å². The third-order valence-corrected chi connectivity index (χ3v) is 4.91. The van der Waals surface area contributed by atoms with Gasteiger partial charge in [-0.15, -0.1) is 0 Å². The predicted octanol–water partition coefficient (Wildman–Crippen LogP) is 4.42. The molecule has 1 N–H and O–H groups in total. The smallest absolute Gasteiger partial charge is 0.353 e. The summed E-state index contributed by atoms with van der Waals surface area (Å²) in [4.78, 5) is 25.2. The lowest BCUT2D eigenvalue weighted by Crippen LogP contribution is -2.29. The highest BCUT2D eigenvalue weighted by molar-refractivity contribution is 6.05. The van der Waals surface area contributed by atoms with Crippen LogP contribution in [0.5, 0.6) is 0 Å². The molecule has 136 valence electrons. The summed E-state index contributed by atoms with van der Waals surface area (Å²) in [5.41, 5.74) is 2.80. The Balaban J connectivity index is 2.20. The Morgan fingerprint density at radius 2 is 1.74 bits per heavy atom. The highest BCUT2D eigenvalue weighted by Crippen LogP contribution is 2.32. The van der Waals surface area contributed by atoms with Gasteiger partial charge in [-0.3, -0.25) is 8.97 Å². The summed E-state index contributed by atoms with van der Waals surface area (Å²) in [5.74, 6) is -1.11. The normalized spacial score (nSPS) is 11.3.